The Hall–Kier alpha value is -1.74. The first kappa shape index (κ1) is 11.7. The molecule has 0 spiro atoms. The molecule has 0 saturated carbocycles. The monoisotopic (exact) mass is 249 g/mol. The van der Waals surface area contributed by atoms with Crippen molar-refractivity contribution in [2.24, 2.45) is 0 Å². The summed E-state index contributed by atoms with van der Waals surface area (Å²) in [5.74, 6) is 1.12. The Kier molecular flexibility index (Phi) is 2.94. The number of hydrogen-bond acceptors (Lipinski definition) is 3. The second-order valence-electron chi connectivity index (χ2n) is 3.86. The van der Waals surface area contributed by atoms with E-state index < -0.39 is 0 Å². The van der Waals surface area contributed by atoms with E-state index in [9.17, 15) is 4.79 Å². The second-order valence-corrected chi connectivity index (χ2v) is 4.26. The third-order valence-electron chi connectivity index (χ3n) is 2.58. The van der Waals surface area contributed by atoms with Crippen LogP contribution in [-0.4, -0.2) is 5.78 Å². The Morgan fingerprint density at radius 1 is 1.29 bits per heavy atom. The number of carbonyl (C=O) groups is 1. The molecule has 3 nitrogen and oxygen atoms in total. The minimum atomic E-state index is -0.167. The van der Waals surface area contributed by atoms with Gasteiger partial charge in [0.1, 0.15) is 11.5 Å². The van der Waals surface area contributed by atoms with Crippen LogP contribution in [0.1, 0.15) is 27.4 Å². The van der Waals surface area contributed by atoms with Gasteiger partial charge < -0.3 is 10.2 Å². The number of nitrogens with two attached hydrogens (primary N) is 1. The first-order valence-corrected chi connectivity index (χ1v) is 5.54. The number of rotatable bonds is 2. The van der Waals surface area contributed by atoms with Gasteiger partial charge in [-0.05, 0) is 32.0 Å². The first-order valence-electron chi connectivity index (χ1n) is 5.16. The summed E-state index contributed by atoms with van der Waals surface area (Å²) in [5, 5.41) is 0.383. The van der Waals surface area contributed by atoms with E-state index in [4.69, 9.17) is 21.8 Å². The molecule has 17 heavy (non-hydrogen) atoms. The highest BCUT2D eigenvalue weighted by Crippen LogP contribution is 2.26. The van der Waals surface area contributed by atoms with Crippen LogP contribution in [0, 0.1) is 13.8 Å². The van der Waals surface area contributed by atoms with E-state index in [1.165, 1.54) is 0 Å². The molecule has 2 aromatic rings. The number of ketones is 1. The van der Waals surface area contributed by atoms with Gasteiger partial charge in [0.05, 0.1) is 16.3 Å². The molecule has 1 aromatic heterocycles. The van der Waals surface area contributed by atoms with E-state index in [-0.39, 0.29) is 5.78 Å². The zero-order chi connectivity index (χ0) is 12.6. The van der Waals surface area contributed by atoms with Gasteiger partial charge >= 0.3 is 0 Å². The molecule has 0 atom stereocenters. The van der Waals surface area contributed by atoms with E-state index in [1.54, 1.807) is 38.1 Å². The lowest BCUT2D eigenvalue weighted by Gasteiger charge is -2.05. The molecule has 0 saturated heterocycles. The largest absolute Gasteiger partial charge is 0.466 e. The highest BCUT2D eigenvalue weighted by molar-refractivity contribution is 6.34. The lowest BCUT2D eigenvalue weighted by atomic mass is 10.0. The highest BCUT2D eigenvalue weighted by atomic mass is 35.5. The van der Waals surface area contributed by atoms with Crippen LogP contribution in [0.4, 0.5) is 5.69 Å². The van der Waals surface area contributed by atoms with Crippen LogP contribution >= 0.6 is 11.6 Å². The quantitative estimate of drug-likeness (QED) is 0.656. The van der Waals surface area contributed by atoms with Crippen molar-refractivity contribution in [3.05, 3.63) is 51.9 Å². The van der Waals surface area contributed by atoms with Gasteiger partial charge in [-0.15, -0.1) is 0 Å². The van der Waals surface area contributed by atoms with Crippen molar-refractivity contribution < 1.29 is 9.21 Å². The van der Waals surface area contributed by atoms with Crippen molar-refractivity contribution in [3.63, 3.8) is 0 Å². The molecule has 2 N–H and O–H groups in total. The molecule has 0 aliphatic carbocycles. The Morgan fingerprint density at radius 2 is 2.00 bits per heavy atom. The summed E-state index contributed by atoms with van der Waals surface area (Å²) in [7, 11) is 0. The van der Waals surface area contributed by atoms with Gasteiger partial charge in [-0.3, -0.25) is 4.79 Å². The predicted molar refractivity (Wildman–Crippen MR) is 67.5 cm³/mol. The molecule has 88 valence electrons. The lowest BCUT2D eigenvalue weighted by molar-refractivity contribution is 0.103. The van der Waals surface area contributed by atoms with Crippen LogP contribution in [0.3, 0.4) is 0 Å². The van der Waals surface area contributed by atoms with Crippen LogP contribution < -0.4 is 5.73 Å². The van der Waals surface area contributed by atoms with Crippen molar-refractivity contribution >= 4 is 23.1 Å². The molecule has 0 fully saturated rings. The fourth-order valence-electron chi connectivity index (χ4n) is 1.74. The SMILES string of the molecule is Cc1cc(C(=O)c2cccc(Cl)c2N)c(C)o1. The second kappa shape index (κ2) is 4.26. The minimum absolute atomic E-state index is 0.167. The molecule has 1 heterocycles. The molecule has 0 radical (unpaired) electrons. The number of halogens is 1. The van der Waals surface area contributed by atoms with Gasteiger partial charge in [0.15, 0.2) is 5.78 Å². The molecule has 2 rings (SSSR count). The maximum atomic E-state index is 12.3. The highest BCUT2D eigenvalue weighted by Gasteiger charge is 2.18. The van der Waals surface area contributed by atoms with Crippen molar-refractivity contribution in [3.8, 4) is 0 Å². The molecule has 0 bridgehead atoms. The average molecular weight is 250 g/mol. The Bertz CT molecular complexity index is 587. The van der Waals surface area contributed by atoms with E-state index in [0.29, 0.717) is 33.4 Å². The van der Waals surface area contributed by atoms with Gasteiger partial charge in [0.2, 0.25) is 0 Å². The fraction of sp³-hybridized carbons (Fsp3) is 0.154. The number of carbonyl (C=O) groups excluding carboxylic acids is 1. The molecule has 0 aliphatic rings. The summed E-state index contributed by atoms with van der Waals surface area (Å²) in [6, 6.07) is 6.72. The number of nitrogen functional groups attached to an aromatic ring is 1. The summed E-state index contributed by atoms with van der Waals surface area (Å²) in [4.78, 5) is 12.3. The topological polar surface area (TPSA) is 56.2 Å². The number of anilines is 1. The molecule has 0 unspecified atom stereocenters. The van der Waals surface area contributed by atoms with Crippen LogP contribution in [0.25, 0.3) is 0 Å². The zero-order valence-electron chi connectivity index (χ0n) is 9.58. The molecule has 1 aromatic carbocycles. The normalized spacial score (nSPS) is 10.5. The van der Waals surface area contributed by atoms with Gasteiger partial charge in [0.25, 0.3) is 0 Å². The van der Waals surface area contributed by atoms with E-state index in [0.717, 1.165) is 0 Å². The number of hydrogen-bond donors (Lipinski definition) is 1. The summed E-state index contributed by atoms with van der Waals surface area (Å²) < 4.78 is 5.33. The van der Waals surface area contributed by atoms with Crippen LogP contribution in [0.5, 0.6) is 0 Å². The number of furan rings is 1. The Labute approximate surface area is 104 Å². The van der Waals surface area contributed by atoms with Crippen molar-refractivity contribution in [1.29, 1.82) is 0 Å². The summed E-state index contributed by atoms with van der Waals surface area (Å²) in [5.41, 5.74) is 7.03. The van der Waals surface area contributed by atoms with Crippen LogP contribution in [0.2, 0.25) is 5.02 Å². The first-order chi connectivity index (χ1) is 8.00. The van der Waals surface area contributed by atoms with Gasteiger partial charge in [0, 0.05) is 5.56 Å². The Balaban J connectivity index is 2.51. The van der Waals surface area contributed by atoms with Gasteiger partial charge in [-0.1, -0.05) is 17.7 Å². The maximum absolute atomic E-state index is 12.3. The average Bonchev–Trinajstić information content (AvgIpc) is 2.61. The van der Waals surface area contributed by atoms with Gasteiger partial charge in [-0.25, -0.2) is 0 Å². The third-order valence-corrected chi connectivity index (χ3v) is 2.91. The maximum Gasteiger partial charge on any atom is 0.198 e. The lowest BCUT2D eigenvalue weighted by Crippen LogP contribution is -2.05. The molecule has 4 heteroatoms. The molecule has 0 aliphatic heterocycles. The standard InChI is InChI=1S/C13H12ClNO2/c1-7-6-10(8(2)17-7)13(16)9-4-3-5-11(14)12(9)15/h3-6H,15H2,1-2H3. The molecular formula is C13H12ClNO2. The number of para-hydroxylation sites is 1. The summed E-state index contributed by atoms with van der Waals surface area (Å²) in [6.45, 7) is 3.55. The van der Waals surface area contributed by atoms with Crippen molar-refractivity contribution in [2.75, 3.05) is 5.73 Å². The minimum Gasteiger partial charge on any atom is -0.466 e. The summed E-state index contributed by atoms with van der Waals surface area (Å²) >= 11 is 5.89. The Morgan fingerprint density at radius 3 is 2.59 bits per heavy atom. The third kappa shape index (κ3) is 2.06. The van der Waals surface area contributed by atoms with Crippen molar-refractivity contribution in [1.82, 2.24) is 0 Å². The van der Waals surface area contributed by atoms with Crippen LogP contribution in [0.15, 0.2) is 28.7 Å². The molecular weight excluding hydrogens is 238 g/mol. The van der Waals surface area contributed by atoms with Crippen molar-refractivity contribution in [2.45, 2.75) is 13.8 Å². The molecule has 0 amide bonds. The van der Waals surface area contributed by atoms with E-state index in [1.807, 2.05) is 0 Å². The van der Waals surface area contributed by atoms with E-state index >= 15 is 0 Å². The number of benzene rings is 1. The fourth-order valence-corrected chi connectivity index (χ4v) is 1.91. The van der Waals surface area contributed by atoms with Crippen LogP contribution in [-0.2, 0) is 0 Å². The number of aryl methyl sites for hydroxylation is 2. The van der Waals surface area contributed by atoms with Gasteiger partial charge in [-0.2, -0.15) is 0 Å². The zero-order valence-corrected chi connectivity index (χ0v) is 10.3. The smallest absolute Gasteiger partial charge is 0.198 e. The predicted octanol–water partition coefficient (Wildman–Crippen LogP) is 3.36. The summed E-state index contributed by atoms with van der Waals surface area (Å²) in [6.07, 6.45) is 0. The van der Waals surface area contributed by atoms with E-state index in [2.05, 4.69) is 0 Å².